The van der Waals surface area contributed by atoms with Crippen molar-refractivity contribution in [1.82, 2.24) is 10.9 Å². The summed E-state index contributed by atoms with van der Waals surface area (Å²) in [5, 5.41) is 0. The van der Waals surface area contributed by atoms with Crippen LogP contribution < -0.4 is 10.9 Å². The molecule has 0 aliphatic carbocycles. The number of nitrogens with one attached hydrogen (secondary N) is 2. The molecule has 0 heterocycles. The van der Waals surface area contributed by atoms with Crippen molar-refractivity contribution in [1.29, 1.82) is 0 Å². The normalized spacial score (nSPS) is 10.5. The van der Waals surface area contributed by atoms with Gasteiger partial charge in [0.1, 0.15) is 0 Å². The Morgan fingerprint density at radius 3 is 1.50 bits per heavy atom. The summed E-state index contributed by atoms with van der Waals surface area (Å²) in [7, 11) is 0. The lowest BCUT2D eigenvalue weighted by Gasteiger charge is -1.99. The molecular weight excluding hydrogens is 292 g/mol. The van der Waals surface area contributed by atoms with E-state index in [0.717, 1.165) is 0 Å². The van der Waals surface area contributed by atoms with Gasteiger partial charge in [-0.15, -0.1) is 0 Å². The molecule has 0 saturated heterocycles. The second-order valence-corrected chi connectivity index (χ2v) is 2.62. The van der Waals surface area contributed by atoms with Gasteiger partial charge in [0.25, 0.3) is 11.8 Å². The van der Waals surface area contributed by atoms with E-state index in [2.05, 4.69) is 42.7 Å². The van der Waals surface area contributed by atoms with E-state index in [1.54, 1.807) is 0 Å². The van der Waals surface area contributed by atoms with E-state index in [0.29, 0.717) is 0 Å². The van der Waals surface area contributed by atoms with E-state index in [4.69, 9.17) is 0 Å². The number of carbonyl (C=O) groups is 2. The largest absolute Gasteiger partial charge is 0.268 e. The number of hydrogen-bond acceptors (Lipinski definition) is 2. The van der Waals surface area contributed by atoms with Gasteiger partial charge < -0.3 is 0 Å². The number of hydrogen-bond donors (Lipinski definition) is 2. The highest BCUT2D eigenvalue weighted by Crippen LogP contribution is 1.82. The zero-order valence-electron chi connectivity index (χ0n) is 5.88. The number of halogens is 2. The molecule has 0 aromatic rings. The fourth-order valence-electron chi connectivity index (χ4n) is 0.321. The van der Waals surface area contributed by atoms with Gasteiger partial charge in [0, 0.05) is 12.2 Å². The Morgan fingerprint density at radius 2 is 1.25 bits per heavy atom. The van der Waals surface area contributed by atoms with Gasteiger partial charge in [0.2, 0.25) is 0 Å². The number of rotatable bonds is 2. The lowest BCUT2D eigenvalue weighted by atomic mass is 10.6. The van der Waals surface area contributed by atoms with Crippen LogP contribution in [0.4, 0.5) is 0 Å². The van der Waals surface area contributed by atoms with E-state index >= 15 is 0 Å². The molecule has 2 amide bonds. The Labute approximate surface area is 86.3 Å². The Kier molecular flexibility index (Phi) is 6.69. The molecule has 0 aliphatic rings. The minimum absolute atomic E-state index is 0.414. The molecule has 0 aromatic carbocycles. The molecule has 0 atom stereocenters. The van der Waals surface area contributed by atoms with Crippen molar-refractivity contribution in [2.24, 2.45) is 0 Å². The van der Waals surface area contributed by atoms with Crippen LogP contribution in [0.1, 0.15) is 0 Å². The maximum atomic E-state index is 10.7. The minimum atomic E-state index is -0.414. The van der Waals surface area contributed by atoms with Crippen LogP contribution in [-0.2, 0) is 9.59 Å². The van der Waals surface area contributed by atoms with Crippen molar-refractivity contribution in [3.63, 3.8) is 0 Å². The van der Waals surface area contributed by atoms with Crippen LogP contribution in [0.5, 0.6) is 0 Å². The van der Waals surface area contributed by atoms with Crippen molar-refractivity contribution >= 4 is 43.7 Å². The fraction of sp³-hybridized carbons (Fsp3) is 0. The Hall–Kier alpha value is -0.620. The summed E-state index contributed by atoms with van der Waals surface area (Å²) in [6.45, 7) is 0. The van der Waals surface area contributed by atoms with Gasteiger partial charge in [-0.3, -0.25) is 20.4 Å². The quantitative estimate of drug-likeness (QED) is 0.589. The summed E-state index contributed by atoms with van der Waals surface area (Å²) in [6, 6.07) is 0. The average molecular weight is 298 g/mol. The van der Waals surface area contributed by atoms with E-state index < -0.39 is 11.8 Å². The Morgan fingerprint density at radius 1 is 0.917 bits per heavy atom. The molecular formula is C6H6Br2N2O2. The zero-order valence-corrected chi connectivity index (χ0v) is 9.05. The van der Waals surface area contributed by atoms with Crippen LogP contribution in [-0.4, -0.2) is 11.8 Å². The van der Waals surface area contributed by atoms with E-state index in [9.17, 15) is 9.59 Å². The molecule has 2 N–H and O–H groups in total. The summed E-state index contributed by atoms with van der Waals surface area (Å²) >= 11 is 5.82. The maximum Gasteiger partial charge on any atom is 0.262 e. The van der Waals surface area contributed by atoms with Gasteiger partial charge in [-0.1, -0.05) is 31.9 Å². The van der Waals surface area contributed by atoms with Crippen LogP contribution in [0.25, 0.3) is 0 Å². The fourth-order valence-corrected chi connectivity index (χ4v) is 0.801. The molecule has 4 nitrogen and oxygen atoms in total. The molecule has 6 heteroatoms. The van der Waals surface area contributed by atoms with E-state index in [1.165, 1.54) is 22.1 Å². The number of amides is 2. The third-order valence-electron chi connectivity index (χ3n) is 0.738. The number of carbonyl (C=O) groups excluding carboxylic acids is 2. The third kappa shape index (κ3) is 6.11. The SMILES string of the molecule is O=C(/C=C/Br)NNC(=O)/C=C/Br. The highest BCUT2D eigenvalue weighted by Gasteiger charge is 1.95. The molecule has 0 spiro atoms. The molecule has 0 aromatic heterocycles. The Balaban J connectivity index is 3.68. The summed E-state index contributed by atoms with van der Waals surface area (Å²) in [5.74, 6) is -0.827. The van der Waals surface area contributed by atoms with Crippen molar-refractivity contribution in [3.8, 4) is 0 Å². The van der Waals surface area contributed by atoms with Crippen molar-refractivity contribution < 1.29 is 9.59 Å². The van der Waals surface area contributed by atoms with Gasteiger partial charge >= 0.3 is 0 Å². The Bertz CT molecular complexity index is 202. The highest BCUT2D eigenvalue weighted by molar-refractivity contribution is 9.11. The van der Waals surface area contributed by atoms with Crippen molar-refractivity contribution in [3.05, 3.63) is 22.1 Å². The smallest absolute Gasteiger partial charge is 0.262 e. The van der Waals surface area contributed by atoms with E-state index in [-0.39, 0.29) is 0 Å². The topological polar surface area (TPSA) is 58.2 Å². The lowest BCUT2D eigenvalue weighted by molar-refractivity contribution is -0.123. The van der Waals surface area contributed by atoms with E-state index in [1.807, 2.05) is 0 Å². The van der Waals surface area contributed by atoms with Crippen LogP contribution in [0.15, 0.2) is 22.1 Å². The van der Waals surface area contributed by atoms with Gasteiger partial charge in [0.05, 0.1) is 0 Å². The molecule has 0 fully saturated rings. The predicted molar refractivity (Wildman–Crippen MR) is 52.4 cm³/mol. The van der Waals surface area contributed by atoms with Crippen molar-refractivity contribution in [2.45, 2.75) is 0 Å². The molecule has 0 saturated carbocycles. The summed E-state index contributed by atoms with van der Waals surface area (Å²) in [4.78, 5) is 24.1. The molecule has 12 heavy (non-hydrogen) atoms. The van der Waals surface area contributed by atoms with Crippen LogP contribution >= 0.6 is 31.9 Å². The van der Waals surface area contributed by atoms with Gasteiger partial charge in [-0.25, -0.2) is 0 Å². The summed E-state index contributed by atoms with van der Waals surface area (Å²) in [6.07, 6.45) is 2.44. The predicted octanol–water partition coefficient (Wildman–Crippen LogP) is 0.951. The second-order valence-electron chi connectivity index (χ2n) is 1.56. The van der Waals surface area contributed by atoms with Crippen molar-refractivity contribution in [2.75, 3.05) is 0 Å². The zero-order chi connectivity index (χ0) is 9.40. The minimum Gasteiger partial charge on any atom is -0.268 e. The first-order chi connectivity index (χ1) is 5.70. The second kappa shape index (κ2) is 7.05. The molecule has 0 aliphatic heterocycles. The first kappa shape index (κ1) is 11.4. The summed E-state index contributed by atoms with van der Waals surface area (Å²) < 4.78 is 0. The van der Waals surface area contributed by atoms with Crippen LogP contribution in [0.2, 0.25) is 0 Å². The molecule has 66 valence electrons. The standard InChI is InChI=1S/C6H6Br2N2O2/c7-3-1-5(11)9-10-6(12)2-4-8/h1-4H,(H,9,11)(H,10,12)/b3-1+,4-2+. The van der Waals surface area contributed by atoms with Crippen LogP contribution in [0, 0.1) is 0 Å². The number of hydrazine groups is 1. The first-order valence-electron chi connectivity index (χ1n) is 2.84. The maximum absolute atomic E-state index is 10.7. The monoisotopic (exact) mass is 296 g/mol. The van der Waals surface area contributed by atoms with Gasteiger partial charge in [0.15, 0.2) is 0 Å². The molecule has 0 unspecified atom stereocenters. The molecule has 0 bridgehead atoms. The first-order valence-corrected chi connectivity index (χ1v) is 4.67. The average Bonchev–Trinajstić information content (AvgIpc) is 2.02. The third-order valence-corrected chi connectivity index (χ3v) is 1.27. The van der Waals surface area contributed by atoms with Gasteiger partial charge in [-0.05, 0) is 9.97 Å². The molecule has 0 rings (SSSR count). The highest BCUT2D eigenvalue weighted by atomic mass is 79.9. The molecule has 0 radical (unpaired) electrons. The lowest BCUT2D eigenvalue weighted by Crippen LogP contribution is -2.39. The summed E-state index contributed by atoms with van der Waals surface area (Å²) in [5.41, 5.74) is 4.28. The van der Waals surface area contributed by atoms with Crippen LogP contribution in [0.3, 0.4) is 0 Å². The van der Waals surface area contributed by atoms with Gasteiger partial charge in [-0.2, -0.15) is 0 Å².